The first kappa shape index (κ1) is 12.9. The number of rotatable bonds is 2. The van der Waals surface area contributed by atoms with E-state index < -0.39 is 15.1 Å². The molecule has 1 heterocycles. The van der Waals surface area contributed by atoms with Crippen molar-refractivity contribution < 1.29 is 13.2 Å². The summed E-state index contributed by atoms with van der Waals surface area (Å²) < 4.78 is 24.9. The van der Waals surface area contributed by atoms with Crippen LogP contribution in [0.4, 0.5) is 5.69 Å². The Hall–Kier alpha value is -1.56. The van der Waals surface area contributed by atoms with E-state index in [0.29, 0.717) is 24.2 Å². The average Bonchev–Trinajstić information content (AvgIpc) is 2.63. The summed E-state index contributed by atoms with van der Waals surface area (Å²) in [5.74, 6) is -0.336. The predicted molar refractivity (Wildman–Crippen MR) is 68.8 cm³/mol. The topological polar surface area (TPSA) is 80.5 Å². The quantitative estimate of drug-likeness (QED) is 0.796. The van der Waals surface area contributed by atoms with Crippen LogP contribution in [-0.2, 0) is 14.6 Å². The zero-order valence-electron chi connectivity index (χ0n) is 10.4. The van der Waals surface area contributed by atoms with Gasteiger partial charge in [0.25, 0.3) is 0 Å². The van der Waals surface area contributed by atoms with Gasteiger partial charge in [-0.3, -0.25) is 4.79 Å². The van der Waals surface area contributed by atoms with Gasteiger partial charge in [-0.1, -0.05) is 6.07 Å². The fourth-order valence-electron chi connectivity index (χ4n) is 2.15. The van der Waals surface area contributed by atoms with E-state index in [1.54, 1.807) is 26.1 Å². The van der Waals surface area contributed by atoms with E-state index >= 15 is 0 Å². The van der Waals surface area contributed by atoms with Gasteiger partial charge in [-0.25, -0.2) is 8.42 Å². The van der Waals surface area contributed by atoms with Gasteiger partial charge in [0.05, 0.1) is 4.90 Å². The molecule has 1 unspecified atom stereocenters. The number of nitrogens with zero attached hydrogens (tertiary/aromatic N) is 1. The Morgan fingerprint density at radius 2 is 2.06 bits per heavy atom. The second-order valence-corrected chi connectivity index (χ2v) is 6.71. The van der Waals surface area contributed by atoms with Crippen molar-refractivity contribution in [2.75, 3.05) is 19.3 Å². The maximum absolute atomic E-state index is 12.5. The van der Waals surface area contributed by atoms with Gasteiger partial charge in [0, 0.05) is 19.3 Å². The molecule has 6 heteroatoms. The predicted octanol–water partition coefficient (Wildman–Crippen LogP) is 0.582. The molecule has 2 N–H and O–H groups in total. The van der Waals surface area contributed by atoms with E-state index in [1.165, 1.54) is 11.0 Å². The zero-order chi connectivity index (χ0) is 13.5. The minimum absolute atomic E-state index is 0.163. The third-order valence-corrected chi connectivity index (χ3v) is 5.51. The Morgan fingerprint density at radius 1 is 1.39 bits per heavy atom. The molecule has 1 aromatic carbocycles. The summed E-state index contributed by atoms with van der Waals surface area (Å²) in [6, 6.07) is 4.73. The van der Waals surface area contributed by atoms with E-state index in [1.807, 2.05) is 0 Å². The standard InChI is InChI=1S/C12H16N2O3S/c1-8-3-4-9(13)7-11(8)18(16,17)10-5-6-14(2)12(10)15/h3-4,7,10H,5-6,13H2,1-2H3. The molecule has 1 aliphatic rings. The smallest absolute Gasteiger partial charge is 0.241 e. The summed E-state index contributed by atoms with van der Waals surface area (Å²) >= 11 is 0. The lowest BCUT2D eigenvalue weighted by molar-refractivity contribution is -0.126. The zero-order valence-corrected chi connectivity index (χ0v) is 11.2. The number of anilines is 1. The first-order valence-corrected chi connectivity index (χ1v) is 7.23. The van der Waals surface area contributed by atoms with Gasteiger partial charge in [-0.15, -0.1) is 0 Å². The van der Waals surface area contributed by atoms with Crippen LogP contribution in [0.3, 0.4) is 0 Å². The number of carbonyl (C=O) groups excluding carboxylic acids is 1. The first-order valence-electron chi connectivity index (χ1n) is 5.69. The SMILES string of the molecule is Cc1ccc(N)cc1S(=O)(=O)C1CCN(C)C1=O. The lowest BCUT2D eigenvalue weighted by Crippen LogP contribution is -2.32. The highest BCUT2D eigenvalue weighted by molar-refractivity contribution is 7.92. The molecule has 1 aliphatic heterocycles. The Morgan fingerprint density at radius 3 is 2.61 bits per heavy atom. The summed E-state index contributed by atoms with van der Waals surface area (Å²) in [6.07, 6.45) is 0.339. The largest absolute Gasteiger partial charge is 0.399 e. The maximum Gasteiger partial charge on any atom is 0.241 e. The highest BCUT2D eigenvalue weighted by atomic mass is 32.2. The highest BCUT2D eigenvalue weighted by Crippen LogP contribution is 2.27. The number of amides is 1. The minimum Gasteiger partial charge on any atom is -0.399 e. The molecular weight excluding hydrogens is 252 g/mol. The van der Waals surface area contributed by atoms with Crippen LogP contribution in [0.1, 0.15) is 12.0 Å². The number of carbonyl (C=O) groups is 1. The normalized spacial score (nSPS) is 20.4. The summed E-state index contributed by atoms with van der Waals surface area (Å²) in [5.41, 5.74) is 6.63. The van der Waals surface area contributed by atoms with E-state index in [9.17, 15) is 13.2 Å². The molecule has 0 radical (unpaired) electrons. The Kier molecular flexibility index (Phi) is 3.06. The minimum atomic E-state index is -3.65. The monoisotopic (exact) mass is 268 g/mol. The third kappa shape index (κ3) is 1.96. The van der Waals surface area contributed by atoms with Crippen LogP contribution in [-0.4, -0.2) is 38.1 Å². The molecule has 0 aromatic heterocycles. The van der Waals surface area contributed by atoms with Crippen LogP contribution >= 0.6 is 0 Å². The van der Waals surface area contributed by atoms with E-state index in [0.717, 1.165) is 0 Å². The highest BCUT2D eigenvalue weighted by Gasteiger charge is 2.40. The van der Waals surface area contributed by atoms with Crippen LogP contribution in [0.25, 0.3) is 0 Å². The van der Waals surface area contributed by atoms with Crippen molar-refractivity contribution in [3.63, 3.8) is 0 Å². The lowest BCUT2D eigenvalue weighted by atomic mass is 10.2. The first-order chi connectivity index (χ1) is 8.34. The van der Waals surface area contributed by atoms with Crippen molar-refractivity contribution in [1.82, 2.24) is 4.90 Å². The molecule has 0 spiro atoms. The molecule has 1 fully saturated rings. The third-order valence-electron chi connectivity index (χ3n) is 3.27. The van der Waals surface area contributed by atoms with Crippen molar-refractivity contribution in [2.45, 2.75) is 23.5 Å². The molecule has 1 amide bonds. The van der Waals surface area contributed by atoms with Crippen LogP contribution in [0.15, 0.2) is 23.1 Å². The fraction of sp³-hybridized carbons (Fsp3) is 0.417. The van der Waals surface area contributed by atoms with Crippen molar-refractivity contribution in [3.05, 3.63) is 23.8 Å². The maximum atomic E-state index is 12.5. The van der Waals surface area contributed by atoms with Crippen LogP contribution in [0.5, 0.6) is 0 Å². The summed E-state index contributed by atoms with van der Waals surface area (Å²) in [4.78, 5) is 13.4. The van der Waals surface area contributed by atoms with Crippen LogP contribution in [0, 0.1) is 6.92 Å². The van der Waals surface area contributed by atoms with Gasteiger partial charge in [-0.05, 0) is 31.0 Å². The molecule has 0 aliphatic carbocycles. The second kappa shape index (κ2) is 4.28. The number of aryl methyl sites for hydroxylation is 1. The molecule has 5 nitrogen and oxygen atoms in total. The molecule has 1 saturated heterocycles. The van der Waals surface area contributed by atoms with E-state index in [2.05, 4.69) is 0 Å². The average molecular weight is 268 g/mol. The van der Waals surface area contributed by atoms with Crippen LogP contribution < -0.4 is 5.73 Å². The van der Waals surface area contributed by atoms with Crippen molar-refractivity contribution in [2.24, 2.45) is 0 Å². The molecule has 2 rings (SSSR count). The lowest BCUT2D eigenvalue weighted by Gasteiger charge is -2.13. The van der Waals surface area contributed by atoms with Gasteiger partial charge >= 0.3 is 0 Å². The number of hydrogen-bond acceptors (Lipinski definition) is 4. The van der Waals surface area contributed by atoms with Gasteiger partial charge in [0.15, 0.2) is 9.84 Å². The fourth-order valence-corrected chi connectivity index (χ4v) is 4.14. The molecule has 18 heavy (non-hydrogen) atoms. The van der Waals surface area contributed by atoms with Gasteiger partial charge in [0.1, 0.15) is 5.25 Å². The Bertz CT molecular complexity index is 595. The molecule has 0 saturated carbocycles. The molecule has 0 bridgehead atoms. The van der Waals surface area contributed by atoms with Gasteiger partial charge in [0.2, 0.25) is 5.91 Å². The second-order valence-electron chi connectivity index (χ2n) is 4.61. The summed E-state index contributed by atoms with van der Waals surface area (Å²) in [5, 5.41) is -0.969. The summed E-state index contributed by atoms with van der Waals surface area (Å²) in [6.45, 7) is 2.18. The molecule has 98 valence electrons. The molecule has 1 atom stereocenters. The van der Waals surface area contributed by atoms with Crippen molar-refractivity contribution >= 4 is 21.4 Å². The molecular formula is C12H16N2O3S. The number of likely N-dealkylation sites (tertiary alicyclic amines) is 1. The Labute approximate surface area is 107 Å². The van der Waals surface area contributed by atoms with E-state index in [-0.39, 0.29) is 10.8 Å². The number of nitrogen functional groups attached to an aromatic ring is 1. The Balaban J connectivity index is 2.49. The number of nitrogens with two attached hydrogens (primary N) is 1. The van der Waals surface area contributed by atoms with Crippen molar-refractivity contribution in [1.29, 1.82) is 0 Å². The van der Waals surface area contributed by atoms with E-state index in [4.69, 9.17) is 5.73 Å². The number of hydrogen-bond donors (Lipinski definition) is 1. The van der Waals surface area contributed by atoms with Gasteiger partial charge in [-0.2, -0.15) is 0 Å². The number of benzene rings is 1. The van der Waals surface area contributed by atoms with Crippen molar-refractivity contribution in [3.8, 4) is 0 Å². The summed E-state index contributed by atoms with van der Waals surface area (Å²) in [7, 11) is -2.03. The number of sulfone groups is 1. The van der Waals surface area contributed by atoms with Gasteiger partial charge < -0.3 is 10.6 Å². The van der Waals surface area contributed by atoms with Crippen LogP contribution in [0.2, 0.25) is 0 Å². The molecule has 1 aromatic rings.